The van der Waals surface area contributed by atoms with E-state index in [4.69, 9.17) is 4.74 Å². The van der Waals surface area contributed by atoms with Gasteiger partial charge in [-0.25, -0.2) is 4.79 Å². The third-order valence-electron chi connectivity index (χ3n) is 5.23. The summed E-state index contributed by atoms with van der Waals surface area (Å²) in [7, 11) is 0. The lowest BCUT2D eigenvalue weighted by molar-refractivity contribution is -0.118. The summed E-state index contributed by atoms with van der Waals surface area (Å²) in [6, 6.07) is 24.9. The van der Waals surface area contributed by atoms with Crippen LogP contribution in [0.2, 0.25) is 0 Å². The lowest BCUT2D eigenvalue weighted by atomic mass is 9.91. The normalized spacial score (nSPS) is 11.8. The Labute approximate surface area is 190 Å². The Morgan fingerprint density at radius 3 is 2.12 bits per heavy atom. The average molecular weight is 445 g/mol. The molecule has 0 saturated heterocycles. The van der Waals surface area contributed by atoms with Crippen LogP contribution in [0.25, 0.3) is 10.2 Å². The fourth-order valence-corrected chi connectivity index (χ4v) is 4.87. The molecule has 0 aliphatic heterocycles. The van der Waals surface area contributed by atoms with Crippen molar-refractivity contribution >= 4 is 33.4 Å². The molecule has 0 fully saturated rings. The van der Waals surface area contributed by atoms with Crippen LogP contribution in [0, 0.1) is 0 Å². The number of aryl methyl sites for hydroxylation is 1. The minimum absolute atomic E-state index is 0.221. The van der Waals surface area contributed by atoms with Crippen LogP contribution in [0.15, 0.2) is 83.9 Å². The first-order valence-electron chi connectivity index (χ1n) is 10.6. The van der Waals surface area contributed by atoms with Crippen LogP contribution >= 0.6 is 11.3 Å². The number of rotatable bonds is 6. The highest BCUT2D eigenvalue weighted by Crippen LogP contribution is 2.26. The topological polar surface area (TPSA) is 60.7 Å². The predicted octanol–water partition coefficient (Wildman–Crippen LogP) is 5.16. The van der Waals surface area contributed by atoms with E-state index < -0.39 is 5.92 Å². The van der Waals surface area contributed by atoms with E-state index in [-0.39, 0.29) is 11.9 Å². The number of hydrogen-bond acceptors (Lipinski definition) is 4. The lowest BCUT2D eigenvalue weighted by Crippen LogP contribution is -2.20. The molecule has 4 rings (SSSR count). The molecule has 1 aromatic heterocycles. The SMILES string of the molecule is CCOC(=O)c1ccc2c(c1)sc(=NC(=O)C(c1ccccc1)c1ccccc1)n2CC. The van der Waals surface area contributed by atoms with Gasteiger partial charge < -0.3 is 9.30 Å². The number of thiazole rings is 1. The molecule has 162 valence electrons. The summed E-state index contributed by atoms with van der Waals surface area (Å²) >= 11 is 1.40. The summed E-state index contributed by atoms with van der Waals surface area (Å²) in [5.74, 6) is -1.06. The number of nitrogens with zero attached hydrogens (tertiary/aromatic N) is 2. The van der Waals surface area contributed by atoms with Crippen LogP contribution in [-0.2, 0) is 16.1 Å². The Morgan fingerprint density at radius 2 is 1.56 bits per heavy atom. The zero-order chi connectivity index (χ0) is 22.5. The molecule has 0 saturated carbocycles. The van der Waals surface area contributed by atoms with E-state index in [1.165, 1.54) is 11.3 Å². The Bertz CT molecular complexity index is 1270. The Hall–Kier alpha value is -3.51. The van der Waals surface area contributed by atoms with Crippen molar-refractivity contribution in [2.45, 2.75) is 26.3 Å². The van der Waals surface area contributed by atoms with Crippen molar-refractivity contribution in [2.24, 2.45) is 4.99 Å². The summed E-state index contributed by atoms with van der Waals surface area (Å²) < 4.78 is 8.00. The van der Waals surface area contributed by atoms with Crippen LogP contribution in [0.1, 0.15) is 41.3 Å². The molecule has 0 bridgehead atoms. The number of benzene rings is 3. The van der Waals surface area contributed by atoms with E-state index in [9.17, 15) is 9.59 Å². The van der Waals surface area contributed by atoms with Crippen molar-refractivity contribution < 1.29 is 14.3 Å². The highest BCUT2D eigenvalue weighted by atomic mass is 32.1. The van der Waals surface area contributed by atoms with E-state index in [0.29, 0.717) is 23.5 Å². The number of fused-ring (bicyclic) bond motifs is 1. The molecule has 1 amide bonds. The maximum absolute atomic E-state index is 13.5. The summed E-state index contributed by atoms with van der Waals surface area (Å²) in [4.78, 5) is 30.8. The standard InChI is InChI=1S/C26H24N2O3S/c1-3-28-21-16-15-20(25(30)31-4-2)17-22(21)32-26(28)27-24(29)23(18-11-7-5-8-12-18)19-13-9-6-10-14-19/h5-17,23H,3-4H2,1-2H3. The van der Waals surface area contributed by atoms with E-state index >= 15 is 0 Å². The molecular weight excluding hydrogens is 420 g/mol. The van der Waals surface area contributed by atoms with Gasteiger partial charge in [0, 0.05) is 6.54 Å². The van der Waals surface area contributed by atoms with Gasteiger partial charge in [-0.3, -0.25) is 4.79 Å². The van der Waals surface area contributed by atoms with Gasteiger partial charge in [0.25, 0.3) is 5.91 Å². The summed E-state index contributed by atoms with van der Waals surface area (Å²) in [6.07, 6.45) is 0. The third kappa shape index (κ3) is 4.41. The van der Waals surface area contributed by atoms with Crippen LogP contribution in [-0.4, -0.2) is 23.1 Å². The van der Waals surface area contributed by atoms with Gasteiger partial charge in [0.2, 0.25) is 0 Å². The van der Waals surface area contributed by atoms with Crippen LogP contribution < -0.4 is 4.80 Å². The van der Waals surface area contributed by atoms with Gasteiger partial charge in [0.05, 0.1) is 28.3 Å². The van der Waals surface area contributed by atoms with Crippen molar-refractivity contribution in [3.05, 3.63) is 100 Å². The van der Waals surface area contributed by atoms with E-state index in [1.54, 1.807) is 19.1 Å². The number of carbonyl (C=O) groups is 2. The molecule has 5 nitrogen and oxygen atoms in total. The highest BCUT2D eigenvalue weighted by Gasteiger charge is 2.22. The molecule has 0 aliphatic carbocycles. The smallest absolute Gasteiger partial charge is 0.338 e. The summed E-state index contributed by atoms with van der Waals surface area (Å²) in [6.45, 7) is 4.78. The Kier molecular flexibility index (Phi) is 6.61. The molecule has 3 aromatic carbocycles. The third-order valence-corrected chi connectivity index (χ3v) is 6.27. The Balaban J connectivity index is 1.81. The van der Waals surface area contributed by atoms with Crippen LogP contribution in [0.4, 0.5) is 0 Å². The Morgan fingerprint density at radius 1 is 0.938 bits per heavy atom. The second-order valence-electron chi connectivity index (χ2n) is 7.24. The first kappa shape index (κ1) is 21.7. The number of amides is 1. The molecule has 0 unspecified atom stereocenters. The first-order valence-corrected chi connectivity index (χ1v) is 11.4. The van der Waals surface area contributed by atoms with Crippen molar-refractivity contribution in [2.75, 3.05) is 6.61 Å². The molecule has 4 aromatic rings. The number of aromatic nitrogens is 1. The summed E-state index contributed by atoms with van der Waals surface area (Å²) in [5, 5.41) is 0. The van der Waals surface area contributed by atoms with E-state index in [0.717, 1.165) is 21.3 Å². The van der Waals surface area contributed by atoms with Gasteiger partial charge >= 0.3 is 5.97 Å². The van der Waals surface area contributed by atoms with Crippen molar-refractivity contribution in [3.8, 4) is 0 Å². The van der Waals surface area contributed by atoms with E-state index in [2.05, 4.69) is 4.99 Å². The minimum atomic E-state index is -0.483. The van der Waals surface area contributed by atoms with Gasteiger partial charge in [-0.1, -0.05) is 72.0 Å². The second kappa shape index (κ2) is 9.75. The zero-order valence-corrected chi connectivity index (χ0v) is 18.8. The molecule has 32 heavy (non-hydrogen) atoms. The van der Waals surface area contributed by atoms with Crippen molar-refractivity contribution in [1.29, 1.82) is 0 Å². The molecule has 0 aliphatic rings. The quantitative estimate of drug-likeness (QED) is 0.386. The molecule has 1 heterocycles. The second-order valence-corrected chi connectivity index (χ2v) is 8.25. The van der Waals surface area contributed by atoms with Gasteiger partial charge in [0.1, 0.15) is 0 Å². The lowest BCUT2D eigenvalue weighted by Gasteiger charge is -2.14. The van der Waals surface area contributed by atoms with Gasteiger partial charge in [0.15, 0.2) is 4.80 Å². The average Bonchev–Trinajstić information content (AvgIpc) is 3.16. The number of hydrogen-bond donors (Lipinski definition) is 0. The van der Waals surface area contributed by atoms with Gasteiger partial charge in [-0.15, -0.1) is 0 Å². The van der Waals surface area contributed by atoms with Gasteiger partial charge in [-0.05, 0) is 43.2 Å². The number of esters is 1. The number of carbonyl (C=O) groups excluding carboxylic acids is 2. The van der Waals surface area contributed by atoms with Gasteiger partial charge in [-0.2, -0.15) is 4.99 Å². The summed E-state index contributed by atoms with van der Waals surface area (Å²) in [5.41, 5.74) is 3.24. The predicted molar refractivity (Wildman–Crippen MR) is 127 cm³/mol. The molecule has 0 atom stereocenters. The van der Waals surface area contributed by atoms with E-state index in [1.807, 2.05) is 78.2 Å². The first-order chi connectivity index (χ1) is 15.6. The highest BCUT2D eigenvalue weighted by molar-refractivity contribution is 7.16. The molecule has 6 heteroatoms. The molecule has 0 radical (unpaired) electrons. The fraction of sp³-hybridized carbons (Fsp3) is 0.192. The van der Waals surface area contributed by atoms with Crippen LogP contribution in [0.3, 0.4) is 0 Å². The van der Waals surface area contributed by atoms with Crippen molar-refractivity contribution in [1.82, 2.24) is 4.57 Å². The largest absolute Gasteiger partial charge is 0.462 e. The maximum Gasteiger partial charge on any atom is 0.338 e. The monoisotopic (exact) mass is 444 g/mol. The van der Waals surface area contributed by atoms with Crippen molar-refractivity contribution in [3.63, 3.8) is 0 Å². The number of ether oxygens (including phenoxy) is 1. The minimum Gasteiger partial charge on any atom is -0.462 e. The maximum atomic E-state index is 13.5. The molecule has 0 spiro atoms. The molecule has 0 N–H and O–H groups in total. The fourth-order valence-electron chi connectivity index (χ4n) is 3.73. The van der Waals surface area contributed by atoms with Crippen LogP contribution in [0.5, 0.6) is 0 Å². The zero-order valence-electron chi connectivity index (χ0n) is 18.0. The molecular formula is C26H24N2O3S.